The topological polar surface area (TPSA) is 335 Å². The molecule has 12 aromatic heterocycles. The van der Waals surface area contributed by atoms with Crippen LogP contribution in [0.25, 0.3) is 78.9 Å². The maximum absolute atomic E-state index is 13.4. The molecule has 0 saturated heterocycles. The molecule has 22 rings (SSSR count). The van der Waals surface area contributed by atoms with E-state index in [2.05, 4.69) is 144 Å². The Morgan fingerprint density at radius 2 is 0.748 bits per heavy atom. The SMILES string of the molecule is Cc1ccc2c(c1)[C@@H](C)Oc1cc(cnc1N)-c1c(c(C)nn1CC(F)F)Cc1cn(C)nc1-2.Cc1ccc2c(c1)[C@@H](C)Oc1cc(cnc1N)-c1c(c(C)nn1CC1CC1)Cc1cc(C)nn1-2.Cc1ccc2c(c1)[C@@H](C)Oc1cc(cnc1N)-c1c(c(Cl)nn1CC(F)F)Cc1cn(C)nc1-2.Cc1ccc2c(c1)[C@@H](C)Oc1cc(cnc1N)-c1c(cnn1CC1CC1)Cc1cc(C)nn1-2. The summed E-state index contributed by atoms with van der Waals surface area (Å²) in [6.45, 7) is 25.0. The van der Waals surface area contributed by atoms with Gasteiger partial charge in [-0.3, -0.25) is 28.1 Å². The molecule has 2 aliphatic carbocycles. The molecule has 2 fully saturated rings. The van der Waals surface area contributed by atoms with Gasteiger partial charge in [0.25, 0.3) is 12.9 Å². The third kappa shape index (κ3) is 18.3. The van der Waals surface area contributed by atoms with Crippen LogP contribution in [0.3, 0.4) is 0 Å². The fraction of sp³-hybridized carbons (Fsp3) is 0.333. The van der Waals surface area contributed by atoms with Gasteiger partial charge in [0.05, 0.1) is 74.5 Å². The molecule has 16 heterocycles. The fourth-order valence-electron chi connectivity index (χ4n) is 18.9. The molecule has 0 unspecified atom stereocenters. The quantitative estimate of drug-likeness (QED) is 0.103. The van der Waals surface area contributed by atoms with Gasteiger partial charge < -0.3 is 41.9 Å². The largest absolute Gasteiger partial charge is 0.482 e. The maximum atomic E-state index is 13.4. The van der Waals surface area contributed by atoms with Crippen molar-refractivity contribution in [2.75, 3.05) is 22.9 Å². The molecule has 4 aliphatic heterocycles. The van der Waals surface area contributed by atoms with E-state index >= 15 is 0 Å². The number of anilines is 4. The number of hydrogen-bond acceptors (Lipinski definition) is 20. The molecular weight excluding hydrogens is 1740 g/mol. The lowest BCUT2D eigenvalue weighted by atomic mass is 9.93. The molecule has 8 N–H and O–H groups in total. The Hall–Kier alpha value is -14.4. The number of nitrogens with two attached hydrogens (primary N) is 4. The first-order chi connectivity index (χ1) is 64.7. The van der Waals surface area contributed by atoms with Crippen LogP contribution in [0.2, 0.25) is 5.15 Å². The first kappa shape index (κ1) is 89.8. The van der Waals surface area contributed by atoms with Crippen molar-refractivity contribution in [1.82, 2.24) is 98.2 Å². The molecule has 4 aromatic carbocycles. The summed E-state index contributed by atoms with van der Waals surface area (Å²) in [5, 5.41) is 37.8. The van der Waals surface area contributed by atoms with E-state index in [1.807, 2.05) is 130 Å². The van der Waals surface area contributed by atoms with Gasteiger partial charge in [-0.25, -0.2) is 46.9 Å². The lowest BCUT2D eigenvalue weighted by Gasteiger charge is -2.22. The average molecular weight is 1840 g/mol. The highest BCUT2D eigenvalue weighted by molar-refractivity contribution is 6.30. The summed E-state index contributed by atoms with van der Waals surface area (Å²) in [6, 6.07) is 37.0. The molecule has 0 radical (unpaired) electrons. The number of nitrogen functional groups attached to an aromatic ring is 4. The number of fused-ring (bicyclic) bond motifs is 28. The van der Waals surface area contributed by atoms with Gasteiger partial charge >= 0.3 is 0 Å². The van der Waals surface area contributed by atoms with Crippen LogP contribution in [0.5, 0.6) is 23.0 Å². The van der Waals surface area contributed by atoms with Crippen LogP contribution in [-0.4, -0.2) is 111 Å². The van der Waals surface area contributed by atoms with Crippen LogP contribution < -0.4 is 41.9 Å². The van der Waals surface area contributed by atoms with Gasteiger partial charge in [-0.2, -0.15) is 40.8 Å². The van der Waals surface area contributed by atoms with Crippen molar-refractivity contribution in [3.63, 3.8) is 0 Å². The maximum Gasteiger partial charge on any atom is 0.257 e. The minimum atomic E-state index is -2.61. The Labute approximate surface area is 783 Å². The summed E-state index contributed by atoms with van der Waals surface area (Å²) in [5.41, 5.74) is 56.9. The van der Waals surface area contributed by atoms with Crippen LogP contribution in [0, 0.1) is 67.2 Å². The summed E-state index contributed by atoms with van der Waals surface area (Å²) < 4.78 is 93.6. The van der Waals surface area contributed by atoms with E-state index in [9.17, 15) is 17.6 Å². The number of rotatable bonds is 8. The highest BCUT2D eigenvalue weighted by atomic mass is 35.5. The summed E-state index contributed by atoms with van der Waals surface area (Å²) >= 11 is 6.52. The monoisotopic (exact) mass is 1840 g/mol. The summed E-state index contributed by atoms with van der Waals surface area (Å²) in [6.07, 6.45) is 13.7. The number of aromatic nitrogens is 20. The number of ether oxygens (including phenoxy) is 4. The highest BCUT2D eigenvalue weighted by Crippen LogP contribution is 2.47. The molecule has 135 heavy (non-hydrogen) atoms. The summed E-state index contributed by atoms with van der Waals surface area (Å²) in [5.74, 6) is 4.56. The van der Waals surface area contributed by atoms with E-state index in [0.29, 0.717) is 93.1 Å². The highest BCUT2D eigenvalue weighted by Gasteiger charge is 2.35. The number of pyridine rings is 4. The van der Waals surface area contributed by atoms with Crippen molar-refractivity contribution in [3.8, 4) is 102 Å². The third-order valence-electron chi connectivity index (χ3n) is 25.7. The number of halogens is 5. The Bertz CT molecular complexity index is 6770. The van der Waals surface area contributed by atoms with Gasteiger partial charge in [0.1, 0.15) is 37.5 Å². The number of nitrogens with zero attached hydrogens (tertiary/aromatic N) is 20. The minimum absolute atomic E-state index is 0.152. The first-order valence-corrected chi connectivity index (χ1v) is 45.9. The standard InChI is InChI=1S/C27H30N6O.C26H28N6O.C25H26F2N6O.C24H23ClF2N6O/c1-15-5-8-24-23(9-15)18(4)34-25-11-20(13-29-27(25)28)26-22(12-21-10-16(2)30-33(21)24)17(3)31-32(26)14-19-6-7-19;1-15-4-7-23-22(8-15)17(3)33-24-11-20(12-28-26(24)27)25-19(10-21-9-16(2)30-32(21)23)13-29-31(25)14-18-5-6-18;1-13-5-6-18-20(7-13)15(3)34-21-9-16(10-29-25(21)28)24-19(8-17-11-32(4)31-23(17)18)14(2)30-33(24)12-22(26)27;1-12-4-5-16-17(6-12)13(2)34-19-8-14(9-29-24(19)28)22-18(7-15-10-32(3)30-21(15)16)23(25)31-33(22)11-20(26)27/h5,8-11,13,18-19H,6-7,12,14H2,1-4H3,(H2,28,29);4,7-9,11-13,17-18H,5-6,10,14H2,1-3H3,(H2,27,28);5-7,9-11,15,22H,8,12H2,1-4H3,(H2,28,29);4-6,8-10,13,20H,7,11H2,1-3H3,(H2,28,29)/t18-;17-;15-;13-/m1111/s1. The van der Waals surface area contributed by atoms with E-state index in [0.717, 1.165) is 166 Å². The van der Waals surface area contributed by atoms with Gasteiger partial charge in [-0.15, -0.1) is 0 Å². The van der Waals surface area contributed by atoms with Gasteiger partial charge in [0, 0.05) is 190 Å². The van der Waals surface area contributed by atoms with E-state index in [1.54, 1.807) is 27.7 Å². The number of benzene rings is 4. The molecule has 694 valence electrons. The van der Waals surface area contributed by atoms with E-state index in [1.165, 1.54) is 57.9 Å². The molecule has 0 amide bonds. The lowest BCUT2D eigenvalue weighted by Crippen LogP contribution is -2.14. The molecule has 2 saturated carbocycles. The van der Waals surface area contributed by atoms with Crippen molar-refractivity contribution in [3.05, 3.63) is 270 Å². The lowest BCUT2D eigenvalue weighted by molar-refractivity contribution is 0.122. The van der Waals surface area contributed by atoms with Crippen LogP contribution in [0.1, 0.15) is 190 Å². The molecule has 33 heteroatoms. The Balaban J connectivity index is 0.000000116. The summed E-state index contributed by atoms with van der Waals surface area (Å²) in [7, 11) is 3.72. The second kappa shape index (κ2) is 36.2. The van der Waals surface area contributed by atoms with Crippen LogP contribution in [-0.2, 0) is 66.0 Å². The van der Waals surface area contributed by atoms with Gasteiger partial charge in [-0.1, -0.05) is 94.5 Å². The van der Waals surface area contributed by atoms with Crippen molar-refractivity contribution in [2.45, 2.75) is 198 Å². The van der Waals surface area contributed by atoms with Crippen molar-refractivity contribution in [1.29, 1.82) is 0 Å². The molecule has 4 atom stereocenters. The first-order valence-electron chi connectivity index (χ1n) is 45.5. The van der Waals surface area contributed by atoms with Crippen LogP contribution in [0.4, 0.5) is 40.8 Å². The molecule has 16 aromatic rings. The number of alkyl halides is 4. The molecular formula is C102H107ClF4N24O4. The zero-order valence-corrected chi connectivity index (χ0v) is 78.6. The van der Waals surface area contributed by atoms with Gasteiger partial charge in [0.15, 0.2) is 51.4 Å². The van der Waals surface area contributed by atoms with Crippen LogP contribution in [0.15, 0.2) is 153 Å². The average Bonchev–Trinajstić information content (AvgIpc) is 1.65. The molecule has 28 nitrogen and oxygen atoms in total. The summed E-state index contributed by atoms with van der Waals surface area (Å²) in [4.78, 5) is 17.6. The van der Waals surface area contributed by atoms with Crippen molar-refractivity contribution >= 4 is 34.9 Å². The van der Waals surface area contributed by atoms with Crippen molar-refractivity contribution < 1.29 is 36.5 Å². The predicted molar refractivity (Wildman–Crippen MR) is 512 cm³/mol. The van der Waals surface area contributed by atoms with E-state index in [-0.39, 0.29) is 41.2 Å². The Kier molecular flexibility index (Phi) is 24.1. The van der Waals surface area contributed by atoms with Crippen LogP contribution >= 0.6 is 11.6 Å². The fourth-order valence-corrected chi connectivity index (χ4v) is 19.2. The zero-order chi connectivity index (χ0) is 94.5. The second-order valence-electron chi connectivity index (χ2n) is 36.6. The second-order valence-corrected chi connectivity index (χ2v) is 36.9. The molecule has 0 spiro atoms. The minimum Gasteiger partial charge on any atom is -0.482 e. The Morgan fingerprint density at radius 3 is 1.19 bits per heavy atom. The molecule has 6 aliphatic rings. The number of aryl methyl sites for hydroxylation is 10. The number of hydrogen-bond donors (Lipinski definition) is 4. The smallest absolute Gasteiger partial charge is 0.257 e. The van der Waals surface area contributed by atoms with Gasteiger partial charge in [0.2, 0.25) is 0 Å². The van der Waals surface area contributed by atoms with E-state index in [4.69, 9.17) is 84.1 Å². The Morgan fingerprint density at radius 1 is 0.385 bits per heavy atom. The normalized spacial score (nSPS) is 16.1. The predicted octanol–water partition coefficient (Wildman–Crippen LogP) is 19.9. The zero-order valence-electron chi connectivity index (χ0n) is 77.8. The third-order valence-corrected chi connectivity index (χ3v) is 26.0. The van der Waals surface area contributed by atoms with E-state index < -0.39 is 25.9 Å². The molecule has 8 bridgehead atoms. The van der Waals surface area contributed by atoms with Crippen molar-refractivity contribution in [2.24, 2.45) is 25.9 Å². The van der Waals surface area contributed by atoms with Gasteiger partial charge in [-0.05, 0) is 169 Å².